The van der Waals surface area contributed by atoms with Gasteiger partial charge in [-0.2, -0.15) is 10.4 Å². The summed E-state index contributed by atoms with van der Waals surface area (Å²) in [6.07, 6.45) is 1.28. The fourth-order valence-electron chi connectivity index (χ4n) is 1.93. The number of nitriles is 1. The first-order valence-corrected chi connectivity index (χ1v) is 8.12. The fourth-order valence-corrected chi connectivity index (χ4v) is 2.92. The number of nitrogens with one attached hydrogen (secondary N) is 2. The highest BCUT2D eigenvalue weighted by molar-refractivity contribution is 7.90. The Morgan fingerprint density at radius 3 is 2.29 bits per heavy atom. The zero-order valence-corrected chi connectivity index (χ0v) is 13.6. The first-order valence-electron chi connectivity index (χ1n) is 6.64. The van der Waals surface area contributed by atoms with Crippen LogP contribution >= 0.6 is 0 Å². The van der Waals surface area contributed by atoms with Crippen LogP contribution in [0.5, 0.6) is 0 Å². The Bertz CT molecular complexity index is 939. The van der Waals surface area contributed by atoms with Crippen LogP contribution < -0.4 is 10.0 Å². The lowest BCUT2D eigenvalue weighted by Gasteiger charge is -2.09. The van der Waals surface area contributed by atoms with Crippen LogP contribution in [0.15, 0.2) is 35.4 Å². The third-order valence-electron chi connectivity index (χ3n) is 2.85. The molecule has 2 N–H and O–H groups in total. The summed E-state index contributed by atoms with van der Waals surface area (Å²) in [4.78, 5) is 22.1. The minimum Gasteiger partial charge on any atom is -0.310 e. The van der Waals surface area contributed by atoms with E-state index in [2.05, 4.69) is 10.4 Å². The van der Waals surface area contributed by atoms with Gasteiger partial charge >= 0.3 is 0 Å². The van der Waals surface area contributed by atoms with Crippen LogP contribution in [0.25, 0.3) is 5.69 Å². The second-order valence-corrected chi connectivity index (χ2v) is 6.45. The molecular weight excluding hydrogens is 334 g/mol. The van der Waals surface area contributed by atoms with Crippen LogP contribution in [-0.4, -0.2) is 30.0 Å². The molecule has 0 fully saturated rings. The molecule has 0 unspecified atom stereocenters. The lowest BCUT2D eigenvalue weighted by Crippen LogP contribution is -2.28. The van der Waals surface area contributed by atoms with Crippen molar-refractivity contribution in [2.24, 2.45) is 0 Å². The van der Waals surface area contributed by atoms with E-state index in [1.807, 2.05) is 10.8 Å². The first kappa shape index (κ1) is 17.2. The maximum atomic E-state index is 11.9. The van der Waals surface area contributed by atoms with Crippen LogP contribution in [0.1, 0.15) is 19.4 Å². The van der Waals surface area contributed by atoms with E-state index < -0.39 is 15.9 Å². The predicted molar refractivity (Wildman–Crippen MR) is 83.6 cm³/mol. The number of amides is 2. The summed E-state index contributed by atoms with van der Waals surface area (Å²) in [5, 5.41) is 15.6. The number of carbonyl (C=O) groups is 2. The summed E-state index contributed by atoms with van der Waals surface area (Å²) < 4.78 is 27.0. The van der Waals surface area contributed by atoms with E-state index in [1.165, 1.54) is 42.1 Å². The van der Waals surface area contributed by atoms with E-state index in [9.17, 15) is 18.0 Å². The Labute approximate surface area is 137 Å². The van der Waals surface area contributed by atoms with Gasteiger partial charge in [0, 0.05) is 13.8 Å². The molecule has 24 heavy (non-hydrogen) atoms. The van der Waals surface area contributed by atoms with Gasteiger partial charge in [-0.15, -0.1) is 0 Å². The molecule has 0 saturated carbocycles. The normalized spacial score (nSPS) is 10.7. The van der Waals surface area contributed by atoms with Gasteiger partial charge in [0.25, 0.3) is 10.0 Å². The van der Waals surface area contributed by atoms with Crippen molar-refractivity contribution in [1.29, 1.82) is 5.26 Å². The Hall–Kier alpha value is -3.19. The zero-order chi connectivity index (χ0) is 17.9. The summed E-state index contributed by atoms with van der Waals surface area (Å²) in [7, 11) is -3.94. The van der Waals surface area contributed by atoms with E-state index in [-0.39, 0.29) is 22.2 Å². The van der Waals surface area contributed by atoms with Crippen molar-refractivity contribution in [3.8, 4) is 11.8 Å². The van der Waals surface area contributed by atoms with Crippen molar-refractivity contribution in [1.82, 2.24) is 14.5 Å². The molecule has 2 rings (SSSR count). The monoisotopic (exact) mass is 347 g/mol. The van der Waals surface area contributed by atoms with Gasteiger partial charge in [-0.05, 0) is 24.3 Å². The van der Waals surface area contributed by atoms with Crippen molar-refractivity contribution in [3.05, 3.63) is 36.0 Å². The Morgan fingerprint density at radius 2 is 1.79 bits per heavy atom. The molecule has 0 spiro atoms. The van der Waals surface area contributed by atoms with Gasteiger partial charge in [-0.1, -0.05) is 0 Å². The average molecular weight is 347 g/mol. The second kappa shape index (κ2) is 6.51. The highest BCUT2D eigenvalue weighted by atomic mass is 32.2. The van der Waals surface area contributed by atoms with Crippen LogP contribution in [0, 0.1) is 11.3 Å². The molecule has 0 radical (unpaired) electrons. The van der Waals surface area contributed by atoms with Crippen molar-refractivity contribution < 1.29 is 18.0 Å². The van der Waals surface area contributed by atoms with E-state index in [1.54, 1.807) is 0 Å². The largest absolute Gasteiger partial charge is 0.310 e. The average Bonchev–Trinajstić information content (AvgIpc) is 2.88. The number of hydrogen-bond donors (Lipinski definition) is 2. The number of benzene rings is 1. The SMILES string of the molecule is CC(=O)Nc1c(C#N)cnn1-c1ccc(S(=O)(=O)NC(C)=O)cc1. The van der Waals surface area contributed by atoms with Crippen molar-refractivity contribution >= 4 is 27.7 Å². The van der Waals surface area contributed by atoms with E-state index in [0.717, 1.165) is 6.92 Å². The molecule has 2 aromatic rings. The molecule has 0 aliphatic carbocycles. The molecule has 2 amide bonds. The van der Waals surface area contributed by atoms with Gasteiger partial charge < -0.3 is 5.32 Å². The number of rotatable bonds is 4. The standard InChI is InChI=1S/C14H13N5O4S/c1-9(20)17-14-11(7-15)8-16-19(14)12-3-5-13(6-4-12)24(22,23)18-10(2)21/h3-6,8H,1-2H3,(H,17,20)(H,18,21). The lowest BCUT2D eigenvalue weighted by molar-refractivity contribution is -0.117. The molecular formula is C14H13N5O4S. The molecule has 1 aromatic heterocycles. The van der Waals surface area contributed by atoms with Crippen molar-refractivity contribution in [2.75, 3.05) is 5.32 Å². The molecule has 0 bridgehead atoms. The molecule has 1 heterocycles. The van der Waals surface area contributed by atoms with Crippen LogP contribution in [0.3, 0.4) is 0 Å². The summed E-state index contributed by atoms with van der Waals surface area (Å²) >= 11 is 0. The van der Waals surface area contributed by atoms with Crippen LogP contribution in [0.2, 0.25) is 0 Å². The van der Waals surface area contributed by atoms with E-state index >= 15 is 0 Å². The number of aromatic nitrogens is 2. The van der Waals surface area contributed by atoms with Crippen LogP contribution in [-0.2, 0) is 19.6 Å². The zero-order valence-electron chi connectivity index (χ0n) is 12.8. The third-order valence-corrected chi connectivity index (χ3v) is 4.30. The minimum absolute atomic E-state index is 0.102. The summed E-state index contributed by atoms with van der Waals surface area (Å²) in [5.41, 5.74) is 0.599. The Morgan fingerprint density at radius 1 is 1.17 bits per heavy atom. The van der Waals surface area contributed by atoms with Crippen LogP contribution in [0.4, 0.5) is 5.82 Å². The summed E-state index contributed by atoms with van der Waals surface area (Å²) in [6, 6.07) is 7.35. The first-order chi connectivity index (χ1) is 11.2. The van der Waals surface area contributed by atoms with Gasteiger partial charge in [0.15, 0.2) is 5.82 Å². The van der Waals surface area contributed by atoms with E-state index in [0.29, 0.717) is 5.69 Å². The van der Waals surface area contributed by atoms with Crippen molar-refractivity contribution in [3.63, 3.8) is 0 Å². The molecule has 10 heteroatoms. The smallest absolute Gasteiger partial charge is 0.264 e. The van der Waals surface area contributed by atoms with Gasteiger partial charge in [0.1, 0.15) is 11.6 Å². The molecule has 124 valence electrons. The fraction of sp³-hybridized carbons (Fsp3) is 0.143. The molecule has 1 aromatic carbocycles. The molecule has 0 saturated heterocycles. The lowest BCUT2D eigenvalue weighted by atomic mass is 10.3. The predicted octanol–water partition coefficient (Wildman–Crippen LogP) is 0.527. The molecule has 0 aliphatic heterocycles. The Kier molecular flexibility index (Phi) is 4.66. The number of nitrogens with zero attached hydrogens (tertiary/aromatic N) is 3. The maximum absolute atomic E-state index is 11.9. The molecule has 0 aliphatic rings. The summed E-state index contributed by atoms with van der Waals surface area (Å²) in [5.74, 6) is -0.890. The van der Waals surface area contributed by atoms with Gasteiger partial charge in [-0.25, -0.2) is 17.8 Å². The third kappa shape index (κ3) is 3.58. The highest BCUT2D eigenvalue weighted by Gasteiger charge is 2.17. The number of hydrogen-bond acceptors (Lipinski definition) is 6. The summed E-state index contributed by atoms with van der Waals surface area (Å²) in [6.45, 7) is 2.39. The van der Waals surface area contributed by atoms with Gasteiger partial charge in [0.05, 0.1) is 16.8 Å². The molecule has 9 nitrogen and oxygen atoms in total. The highest BCUT2D eigenvalue weighted by Crippen LogP contribution is 2.21. The number of sulfonamides is 1. The van der Waals surface area contributed by atoms with Gasteiger partial charge in [0.2, 0.25) is 11.8 Å². The van der Waals surface area contributed by atoms with Crippen molar-refractivity contribution in [2.45, 2.75) is 18.7 Å². The topological polar surface area (TPSA) is 134 Å². The minimum atomic E-state index is -3.94. The number of carbonyl (C=O) groups excluding carboxylic acids is 2. The second-order valence-electron chi connectivity index (χ2n) is 4.77. The van der Waals surface area contributed by atoms with E-state index in [4.69, 9.17) is 5.26 Å². The Balaban J connectivity index is 2.42. The number of anilines is 1. The molecule has 0 atom stereocenters. The maximum Gasteiger partial charge on any atom is 0.264 e. The van der Waals surface area contributed by atoms with Gasteiger partial charge in [-0.3, -0.25) is 9.59 Å². The quantitative estimate of drug-likeness (QED) is 0.828.